The third-order valence-corrected chi connectivity index (χ3v) is 6.84. The lowest BCUT2D eigenvalue weighted by atomic mass is 10.1. The zero-order chi connectivity index (χ0) is 24.9. The standard InChI is InChI=1S/C22H25F2N3O6S/c1-15(25-34(30,31)17-9-7-16(32-2)8-10-17)20(28)26-11-13-27(14-12-26)21(29)18-5-3-4-6-19(18)33-22(23)24/h3-10,15,22,25H,11-14H2,1-2H3/t15-/m0/s1. The van der Waals surface area contributed by atoms with E-state index < -0.39 is 34.5 Å². The van der Waals surface area contributed by atoms with Gasteiger partial charge in [-0.25, -0.2) is 8.42 Å². The highest BCUT2D eigenvalue weighted by atomic mass is 32.2. The van der Waals surface area contributed by atoms with Crippen molar-refractivity contribution in [1.29, 1.82) is 0 Å². The van der Waals surface area contributed by atoms with E-state index in [0.29, 0.717) is 5.75 Å². The minimum atomic E-state index is -3.94. The molecular formula is C22H25F2N3O6S. The molecule has 0 unspecified atom stereocenters. The van der Waals surface area contributed by atoms with E-state index in [-0.39, 0.29) is 42.4 Å². The summed E-state index contributed by atoms with van der Waals surface area (Å²) in [6.45, 7) is -0.976. The molecule has 1 heterocycles. The van der Waals surface area contributed by atoms with Gasteiger partial charge in [0.25, 0.3) is 5.91 Å². The zero-order valence-electron chi connectivity index (χ0n) is 18.6. The molecule has 2 aromatic rings. The molecule has 0 radical (unpaired) electrons. The highest BCUT2D eigenvalue weighted by Gasteiger charge is 2.30. The monoisotopic (exact) mass is 497 g/mol. The molecule has 34 heavy (non-hydrogen) atoms. The Balaban J connectivity index is 1.59. The van der Waals surface area contributed by atoms with Gasteiger partial charge in [0, 0.05) is 26.2 Å². The number of hydrogen-bond donors (Lipinski definition) is 1. The van der Waals surface area contributed by atoms with Crippen molar-refractivity contribution in [2.45, 2.75) is 24.5 Å². The number of sulfonamides is 1. The van der Waals surface area contributed by atoms with Crippen molar-refractivity contribution >= 4 is 21.8 Å². The summed E-state index contributed by atoms with van der Waals surface area (Å²) in [5.41, 5.74) is 0.00296. The highest BCUT2D eigenvalue weighted by Crippen LogP contribution is 2.23. The average Bonchev–Trinajstić information content (AvgIpc) is 2.83. The predicted octanol–water partition coefficient (Wildman–Crippen LogP) is 1.95. The number of amides is 2. The van der Waals surface area contributed by atoms with Gasteiger partial charge in [0.2, 0.25) is 15.9 Å². The van der Waals surface area contributed by atoms with Gasteiger partial charge in [0.1, 0.15) is 11.5 Å². The molecule has 1 N–H and O–H groups in total. The minimum absolute atomic E-state index is 0.00296. The van der Waals surface area contributed by atoms with Crippen LogP contribution in [0.2, 0.25) is 0 Å². The van der Waals surface area contributed by atoms with E-state index >= 15 is 0 Å². The summed E-state index contributed by atoms with van der Waals surface area (Å²) in [6.07, 6.45) is 0. The number of hydrogen-bond acceptors (Lipinski definition) is 6. The Hall–Kier alpha value is -3.25. The molecule has 1 saturated heterocycles. The van der Waals surface area contributed by atoms with E-state index in [0.717, 1.165) is 0 Å². The van der Waals surface area contributed by atoms with Crippen LogP contribution < -0.4 is 14.2 Å². The van der Waals surface area contributed by atoms with Crippen molar-refractivity contribution < 1.29 is 36.3 Å². The number of carbonyl (C=O) groups excluding carboxylic acids is 2. The lowest BCUT2D eigenvalue weighted by Crippen LogP contribution is -2.55. The molecule has 2 amide bonds. The summed E-state index contributed by atoms with van der Waals surface area (Å²) in [7, 11) is -2.47. The molecule has 0 aliphatic carbocycles. The van der Waals surface area contributed by atoms with Crippen LogP contribution in [0.25, 0.3) is 0 Å². The normalized spacial score (nSPS) is 15.2. The number of para-hydroxylation sites is 1. The number of alkyl halides is 2. The molecule has 3 rings (SSSR count). The lowest BCUT2D eigenvalue weighted by Gasteiger charge is -2.36. The van der Waals surface area contributed by atoms with Gasteiger partial charge >= 0.3 is 6.61 Å². The van der Waals surface area contributed by atoms with Crippen LogP contribution in [-0.2, 0) is 14.8 Å². The minimum Gasteiger partial charge on any atom is -0.497 e. The van der Waals surface area contributed by atoms with Gasteiger partial charge in [-0.1, -0.05) is 12.1 Å². The van der Waals surface area contributed by atoms with E-state index in [1.54, 1.807) is 6.07 Å². The van der Waals surface area contributed by atoms with Crippen molar-refractivity contribution in [3.63, 3.8) is 0 Å². The van der Waals surface area contributed by atoms with Gasteiger partial charge in [-0.05, 0) is 43.3 Å². The van der Waals surface area contributed by atoms with E-state index in [4.69, 9.17) is 4.74 Å². The fraction of sp³-hybridized carbons (Fsp3) is 0.364. The molecule has 1 aliphatic heterocycles. The second kappa shape index (κ2) is 10.8. The smallest absolute Gasteiger partial charge is 0.387 e. The number of benzene rings is 2. The summed E-state index contributed by atoms with van der Waals surface area (Å²) in [5, 5.41) is 0. The second-order valence-corrected chi connectivity index (χ2v) is 9.22. The number of nitrogens with zero attached hydrogens (tertiary/aromatic N) is 2. The Labute approximate surface area is 196 Å². The van der Waals surface area contributed by atoms with Crippen molar-refractivity contribution in [3.05, 3.63) is 54.1 Å². The number of piperazine rings is 1. The quantitative estimate of drug-likeness (QED) is 0.598. The molecule has 9 nitrogen and oxygen atoms in total. The average molecular weight is 498 g/mol. The maximum atomic E-state index is 12.8. The van der Waals surface area contributed by atoms with Crippen LogP contribution >= 0.6 is 0 Å². The first-order valence-corrected chi connectivity index (χ1v) is 11.9. The molecule has 2 aromatic carbocycles. The maximum Gasteiger partial charge on any atom is 0.387 e. The van der Waals surface area contributed by atoms with Crippen LogP contribution in [0.5, 0.6) is 11.5 Å². The Kier molecular flexibility index (Phi) is 8.05. The van der Waals surface area contributed by atoms with Gasteiger partial charge in [-0.15, -0.1) is 0 Å². The fourth-order valence-corrected chi connectivity index (χ4v) is 4.72. The van der Waals surface area contributed by atoms with Gasteiger partial charge in [0.05, 0.1) is 23.6 Å². The predicted molar refractivity (Wildman–Crippen MR) is 118 cm³/mol. The van der Waals surface area contributed by atoms with Crippen molar-refractivity contribution in [2.75, 3.05) is 33.3 Å². The fourth-order valence-electron chi connectivity index (χ4n) is 3.52. The summed E-state index contributed by atoms with van der Waals surface area (Å²) < 4.78 is 62.3. The molecule has 1 aliphatic rings. The number of carbonyl (C=O) groups is 2. The Morgan fingerprint density at radius 1 is 0.971 bits per heavy atom. The number of methoxy groups -OCH3 is 1. The van der Waals surface area contributed by atoms with Gasteiger partial charge < -0.3 is 19.3 Å². The summed E-state index contributed by atoms with van der Waals surface area (Å²) >= 11 is 0. The molecule has 0 spiro atoms. The topological polar surface area (TPSA) is 105 Å². The first-order valence-electron chi connectivity index (χ1n) is 10.4. The molecule has 1 fully saturated rings. The number of rotatable bonds is 8. The van der Waals surface area contributed by atoms with Crippen LogP contribution in [-0.4, -0.2) is 76.0 Å². The van der Waals surface area contributed by atoms with Crippen molar-refractivity contribution in [3.8, 4) is 11.5 Å². The first kappa shape index (κ1) is 25.4. The van der Waals surface area contributed by atoms with Crippen LogP contribution in [0.1, 0.15) is 17.3 Å². The number of ether oxygens (including phenoxy) is 2. The van der Waals surface area contributed by atoms with Crippen LogP contribution in [0.3, 0.4) is 0 Å². The molecule has 1 atom stereocenters. The first-order chi connectivity index (χ1) is 16.1. The van der Waals surface area contributed by atoms with E-state index in [9.17, 15) is 26.8 Å². The Morgan fingerprint density at radius 3 is 2.15 bits per heavy atom. The summed E-state index contributed by atoms with van der Waals surface area (Å²) in [6, 6.07) is 10.4. The van der Waals surface area contributed by atoms with Gasteiger partial charge in [-0.3, -0.25) is 9.59 Å². The van der Waals surface area contributed by atoms with Gasteiger partial charge in [-0.2, -0.15) is 13.5 Å². The van der Waals surface area contributed by atoms with Crippen molar-refractivity contribution in [1.82, 2.24) is 14.5 Å². The summed E-state index contributed by atoms with van der Waals surface area (Å²) in [5.74, 6) is -0.649. The third kappa shape index (κ3) is 6.00. The highest BCUT2D eigenvalue weighted by molar-refractivity contribution is 7.89. The largest absolute Gasteiger partial charge is 0.497 e. The van der Waals surface area contributed by atoms with E-state index in [2.05, 4.69) is 9.46 Å². The van der Waals surface area contributed by atoms with Crippen LogP contribution in [0.4, 0.5) is 8.78 Å². The second-order valence-electron chi connectivity index (χ2n) is 7.51. The van der Waals surface area contributed by atoms with Crippen molar-refractivity contribution in [2.24, 2.45) is 0 Å². The lowest BCUT2D eigenvalue weighted by molar-refractivity contribution is -0.134. The van der Waals surface area contributed by atoms with Crippen LogP contribution in [0, 0.1) is 0 Å². The molecule has 184 valence electrons. The van der Waals surface area contributed by atoms with Crippen LogP contribution in [0.15, 0.2) is 53.4 Å². The number of nitrogens with one attached hydrogen (secondary N) is 1. The number of halogens is 2. The summed E-state index contributed by atoms with van der Waals surface area (Å²) in [4.78, 5) is 28.5. The Morgan fingerprint density at radius 2 is 1.56 bits per heavy atom. The van der Waals surface area contributed by atoms with Gasteiger partial charge in [0.15, 0.2) is 0 Å². The molecule has 0 aromatic heterocycles. The third-order valence-electron chi connectivity index (χ3n) is 5.28. The van der Waals surface area contributed by atoms with E-state index in [1.807, 2.05) is 0 Å². The molecule has 0 saturated carbocycles. The maximum absolute atomic E-state index is 12.8. The zero-order valence-corrected chi connectivity index (χ0v) is 19.4. The SMILES string of the molecule is COc1ccc(S(=O)(=O)N[C@@H](C)C(=O)N2CCN(C(=O)c3ccccc3OC(F)F)CC2)cc1. The molecule has 0 bridgehead atoms. The molecule has 12 heteroatoms. The van der Waals surface area contributed by atoms with E-state index in [1.165, 1.54) is 66.3 Å². The Bertz CT molecular complexity index is 1120. The molecular weight excluding hydrogens is 472 g/mol.